The van der Waals surface area contributed by atoms with Crippen molar-refractivity contribution < 1.29 is 19.2 Å². The number of benzene rings is 4. The van der Waals surface area contributed by atoms with Crippen LogP contribution in [-0.2, 0) is 6.42 Å². The van der Waals surface area contributed by atoms with Crippen LogP contribution in [-0.4, -0.2) is 106 Å². The van der Waals surface area contributed by atoms with E-state index in [1.165, 1.54) is 9.80 Å². The molecule has 3 heterocycles. The molecule has 5 aromatic rings. The van der Waals surface area contributed by atoms with E-state index in [1.807, 2.05) is 73.4 Å². The van der Waals surface area contributed by atoms with E-state index in [0.29, 0.717) is 47.3 Å². The molecule has 0 aliphatic carbocycles. The number of likely N-dealkylation sites (N-methyl/N-ethyl adjacent to an activating group) is 2. The van der Waals surface area contributed by atoms with Crippen molar-refractivity contribution in [3.63, 3.8) is 0 Å². The molecule has 10 heteroatoms. The van der Waals surface area contributed by atoms with E-state index in [1.54, 1.807) is 24.7 Å². The first-order valence-corrected chi connectivity index (χ1v) is 16.5. The van der Waals surface area contributed by atoms with Crippen molar-refractivity contribution in [2.45, 2.75) is 19.8 Å². The summed E-state index contributed by atoms with van der Waals surface area (Å²) < 4.78 is 1.88. The van der Waals surface area contributed by atoms with Crippen LogP contribution in [0.2, 0.25) is 0 Å². The molecule has 0 N–H and O–H groups in total. The molecular weight excluding hydrogens is 604 g/mol. The summed E-state index contributed by atoms with van der Waals surface area (Å²) in [5.41, 5.74) is 4.25. The summed E-state index contributed by atoms with van der Waals surface area (Å²) in [5, 5.41) is 3.28. The number of imide groups is 2. The Morgan fingerprint density at radius 2 is 1.15 bits per heavy atom. The minimum Gasteiger partial charge on any atom is -0.306 e. The molecule has 48 heavy (non-hydrogen) atoms. The van der Waals surface area contributed by atoms with Gasteiger partial charge in [0.05, 0.1) is 12.0 Å². The van der Waals surface area contributed by atoms with Gasteiger partial charge < -0.3 is 14.4 Å². The highest BCUT2D eigenvalue weighted by atomic mass is 16.2. The van der Waals surface area contributed by atoms with Gasteiger partial charge in [-0.15, -0.1) is 0 Å². The summed E-state index contributed by atoms with van der Waals surface area (Å²) in [6.45, 7) is 5.31. The van der Waals surface area contributed by atoms with Crippen molar-refractivity contribution in [1.29, 1.82) is 0 Å². The van der Waals surface area contributed by atoms with Gasteiger partial charge in [0.15, 0.2) is 0 Å². The lowest BCUT2D eigenvalue weighted by Gasteiger charge is -2.30. The van der Waals surface area contributed by atoms with Crippen molar-refractivity contribution in [1.82, 2.24) is 29.2 Å². The van der Waals surface area contributed by atoms with Crippen molar-refractivity contribution in [3.8, 4) is 5.69 Å². The van der Waals surface area contributed by atoms with E-state index in [2.05, 4.69) is 21.7 Å². The number of nitrogens with zero attached hydrogens (tertiary/aromatic N) is 6. The zero-order valence-corrected chi connectivity index (χ0v) is 27.5. The van der Waals surface area contributed by atoms with Crippen LogP contribution in [0, 0.1) is 0 Å². The summed E-state index contributed by atoms with van der Waals surface area (Å²) in [7, 11) is 3.97. The minimum absolute atomic E-state index is 0.237. The molecule has 4 aromatic carbocycles. The van der Waals surface area contributed by atoms with Gasteiger partial charge in [0.25, 0.3) is 23.6 Å². The van der Waals surface area contributed by atoms with Crippen LogP contribution < -0.4 is 0 Å². The number of hydrogen-bond acceptors (Lipinski definition) is 7. The largest absolute Gasteiger partial charge is 0.306 e. The Labute approximate surface area is 279 Å². The second kappa shape index (κ2) is 12.8. The van der Waals surface area contributed by atoms with E-state index in [9.17, 15) is 19.2 Å². The predicted molar refractivity (Wildman–Crippen MR) is 185 cm³/mol. The van der Waals surface area contributed by atoms with Gasteiger partial charge in [-0.25, -0.2) is 4.98 Å². The number of aromatic nitrogens is 2. The van der Waals surface area contributed by atoms with Crippen molar-refractivity contribution >= 4 is 45.2 Å². The van der Waals surface area contributed by atoms with Crippen molar-refractivity contribution in [2.24, 2.45) is 0 Å². The van der Waals surface area contributed by atoms with Gasteiger partial charge in [0, 0.05) is 77.0 Å². The second-order valence-corrected chi connectivity index (χ2v) is 12.7. The Hall–Kier alpha value is -5.19. The number of hydrogen-bond donors (Lipinski definition) is 0. The highest BCUT2D eigenvalue weighted by Crippen LogP contribution is 2.34. The van der Waals surface area contributed by atoms with E-state index in [0.717, 1.165) is 53.3 Å². The van der Waals surface area contributed by atoms with Gasteiger partial charge in [0.2, 0.25) is 0 Å². The molecule has 0 saturated heterocycles. The Kier molecular flexibility index (Phi) is 8.36. The van der Waals surface area contributed by atoms with E-state index in [4.69, 9.17) is 0 Å². The fourth-order valence-electron chi connectivity index (χ4n) is 7.05. The first-order chi connectivity index (χ1) is 23.3. The second-order valence-electron chi connectivity index (χ2n) is 12.7. The van der Waals surface area contributed by atoms with Gasteiger partial charge in [-0.3, -0.25) is 29.0 Å². The normalized spacial score (nSPS) is 14.4. The SMILES string of the molecule is CCc1ccc2c3c(cccc13)C(=O)N(CCN(C)CCCN(C)CCN1C(=O)c3cccc4c(-n5ccnc5)ccc(c34)C1=O)C2=O. The van der Waals surface area contributed by atoms with Gasteiger partial charge in [-0.05, 0) is 81.3 Å². The summed E-state index contributed by atoms with van der Waals surface area (Å²) in [6, 6.07) is 18.8. The Morgan fingerprint density at radius 1 is 0.625 bits per heavy atom. The summed E-state index contributed by atoms with van der Waals surface area (Å²) >= 11 is 0. The van der Waals surface area contributed by atoms with Crippen molar-refractivity contribution in [3.05, 3.63) is 107 Å². The zero-order valence-electron chi connectivity index (χ0n) is 27.5. The maximum Gasteiger partial charge on any atom is 0.261 e. The topological polar surface area (TPSA) is 99.1 Å². The van der Waals surface area contributed by atoms with Crippen LogP contribution in [0.15, 0.2) is 79.4 Å². The van der Waals surface area contributed by atoms with E-state index in [-0.39, 0.29) is 30.2 Å². The molecule has 0 spiro atoms. The molecule has 2 aliphatic heterocycles. The van der Waals surface area contributed by atoms with Crippen LogP contribution in [0.25, 0.3) is 27.2 Å². The third kappa shape index (κ3) is 5.36. The monoisotopic (exact) mass is 642 g/mol. The molecule has 4 amide bonds. The Balaban J connectivity index is 0.920. The number of carbonyl (C=O) groups is 4. The Bertz CT molecular complexity index is 2040. The molecule has 0 atom stereocenters. The summed E-state index contributed by atoms with van der Waals surface area (Å²) in [6.07, 6.45) is 6.92. The average Bonchev–Trinajstić information content (AvgIpc) is 3.64. The average molecular weight is 643 g/mol. The van der Waals surface area contributed by atoms with E-state index >= 15 is 0 Å². The lowest BCUT2D eigenvalue weighted by molar-refractivity contribution is 0.0585. The van der Waals surface area contributed by atoms with Crippen LogP contribution in [0.3, 0.4) is 0 Å². The lowest BCUT2D eigenvalue weighted by atomic mass is 9.90. The van der Waals surface area contributed by atoms with Gasteiger partial charge in [0.1, 0.15) is 0 Å². The first-order valence-electron chi connectivity index (χ1n) is 16.5. The van der Waals surface area contributed by atoms with Gasteiger partial charge in [-0.1, -0.05) is 37.3 Å². The molecule has 2 aliphatic rings. The van der Waals surface area contributed by atoms with Crippen LogP contribution in [0.5, 0.6) is 0 Å². The number of aryl methyl sites for hydroxylation is 1. The third-order valence-corrected chi connectivity index (χ3v) is 9.70. The fourth-order valence-corrected chi connectivity index (χ4v) is 7.05. The van der Waals surface area contributed by atoms with E-state index < -0.39 is 0 Å². The molecular formula is C38H38N6O4. The maximum atomic E-state index is 13.5. The lowest BCUT2D eigenvalue weighted by Crippen LogP contribution is -2.45. The molecule has 0 radical (unpaired) electrons. The molecule has 10 nitrogen and oxygen atoms in total. The van der Waals surface area contributed by atoms with Crippen molar-refractivity contribution in [2.75, 3.05) is 53.4 Å². The smallest absolute Gasteiger partial charge is 0.261 e. The van der Waals surface area contributed by atoms with Crippen LogP contribution in [0.4, 0.5) is 0 Å². The van der Waals surface area contributed by atoms with Crippen LogP contribution >= 0.6 is 0 Å². The highest BCUT2D eigenvalue weighted by molar-refractivity contribution is 6.27. The standard InChI is InChI=1S/C38H38N6O4/c1-4-25-12-13-30-33-26(25)8-5-10-28(33)35(45)43(37(30)47)22-20-40(2)17-7-18-41(3)21-23-44-36(46)29-11-6-9-27-32(42-19-16-39-24-42)15-14-31(34(27)29)38(44)48/h5-6,8-16,19,24H,4,7,17-18,20-23H2,1-3H3. The number of rotatable bonds is 12. The quantitative estimate of drug-likeness (QED) is 0.179. The Morgan fingerprint density at radius 3 is 1.69 bits per heavy atom. The summed E-state index contributed by atoms with van der Waals surface area (Å²) in [5.74, 6) is -1.03. The predicted octanol–water partition coefficient (Wildman–Crippen LogP) is 4.89. The van der Waals surface area contributed by atoms with Crippen LogP contribution in [0.1, 0.15) is 60.3 Å². The maximum absolute atomic E-state index is 13.5. The molecule has 244 valence electrons. The molecule has 1 aromatic heterocycles. The first kappa shape index (κ1) is 31.4. The minimum atomic E-state index is -0.277. The molecule has 0 bridgehead atoms. The highest BCUT2D eigenvalue weighted by Gasteiger charge is 2.34. The van der Waals surface area contributed by atoms with Gasteiger partial charge >= 0.3 is 0 Å². The number of imidazole rings is 1. The zero-order chi connectivity index (χ0) is 33.5. The summed E-state index contributed by atoms with van der Waals surface area (Å²) in [4.78, 5) is 64.9. The van der Waals surface area contributed by atoms with Gasteiger partial charge in [-0.2, -0.15) is 0 Å². The molecule has 0 unspecified atom stereocenters. The number of carbonyl (C=O) groups excluding carboxylic acids is 4. The molecule has 0 saturated carbocycles. The number of amides is 4. The molecule has 7 rings (SSSR count). The fraction of sp³-hybridized carbons (Fsp3) is 0.289. The third-order valence-electron chi connectivity index (χ3n) is 9.70. The molecule has 0 fully saturated rings.